The molecule has 1 amide bonds. The number of hydrogen-bond donors (Lipinski definition) is 1. The van der Waals surface area contributed by atoms with Gasteiger partial charge in [0.05, 0.1) is 25.1 Å². The fourth-order valence-corrected chi connectivity index (χ4v) is 8.13. The highest BCUT2D eigenvalue weighted by Crippen LogP contribution is 2.61. The molecule has 1 aromatic carbocycles. The van der Waals surface area contributed by atoms with Crippen LogP contribution in [0.4, 0.5) is 11.5 Å². The number of carbonyl (C=O) groups is 1. The number of nitrogens with one attached hydrogen (secondary N) is 1. The molecule has 3 aromatic rings. The molecule has 1 saturated heterocycles. The smallest absolute Gasteiger partial charge is 0.263 e. The van der Waals surface area contributed by atoms with Crippen LogP contribution in [0.15, 0.2) is 53.6 Å². The number of hydrogen-bond acceptors (Lipinski definition) is 5. The Kier molecular flexibility index (Phi) is 5.57. The summed E-state index contributed by atoms with van der Waals surface area (Å²) in [6, 6.07) is 11.4. The molecule has 5 fully saturated rings. The third-order valence-corrected chi connectivity index (χ3v) is 9.27. The van der Waals surface area contributed by atoms with Crippen LogP contribution in [-0.2, 0) is 9.53 Å². The number of ether oxygens (including phenoxy) is 1. The number of nitrogens with zero attached hydrogens (tertiary/aromatic N) is 3. The van der Waals surface area contributed by atoms with E-state index in [2.05, 4.69) is 15.2 Å². The molecule has 0 spiro atoms. The minimum Gasteiger partial charge on any atom is -0.378 e. The van der Waals surface area contributed by atoms with Crippen LogP contribution < -0.4 is 15.8 Å². The lowest BCUT2D eigenvalue weighted by atomic mass is 9.49. The molecule has 4 aliphatic carbocycles. The second-order valence-corrected chi connectivity index (χ2v) is 11.9. The van der Waals surface area contributed by atoms with E-state index in [1.807, 2.05) is 36.4 Å². The van der Waals surface area contributed by atoms with Crippen molar-refractivity contribution in [1.82, 2.24) is 9.55 Å². The van der Waals surface area contributed by atoms with Gasteiger partial charge in [-0.3, -0.25) is 14.2 Å². The Bertz CT molecular complexity index is 1350. The topological polar surface area (TPSA) is 76.5 Å². The zero-order chi connectivity index (χ0) is 25.0. The number of fused-ring (bicyclic) bond motifs is 1. The van der Waals surface area contributed by atoms with Gasteiger partial charge in [0.25, 0.3) is 5.56 Å². The van der Waals surface area contributed by atoms with Crippen LogP contribution >= 0.6 is 0 Å². The van der Waals surface area contributed by atoms with E-state index in [1.54, 1.807) is 17.0 Å². The van der Waals surface area contributed by atoms with E-state index in [0.29, 0.717) is 25.0 Å². The fourth-order valence-electron chi connectivity index (χ4n) is 8.13. The first kappa shape index (κ1) is 23.0. The first-order valence-electron chi connectivity index (χ1n) is 13.8. The Morgan fingerprint density at radius 3 is 2.38 bits per heavy atom. The second kappa shape index (κ2) is 8.98. The van der Waals surface area contributed by atoms with Gasteiger partial charge in [-0.25, -0.2) is 4.98 Å². The van der Waals surface area contributed by atoms with E-state index in [-0.39, 0.29) is 16.9 Å². The minimum absolute atomic E-state index is 0.0848. The molecule has 1 aliphatic heterocycles. The Hall–Kier alpha value is -3.19. The largest absolute Gasteiger partial charge is 0.378 e. The average molecular weight is 499 g/mol. The molecule has 8 rings (SSSR count). The lowest BCUT2D eigenvalue weighted by Crippen LogP contribution is -2.47. The summed E-state index contributed by atoms with van der Waals surface area (Å²) < 4.78 is 7.05. The van der Waals surface area contributed by atoms with E-state index in [9.17, 15) is 9.59 Å². The van der Waals surface area contributed by atoms with Gasteiger partial charge in [0.2, 0.25) is 5.91 Å². The molecule has 192 valence electrons. The highest BCUT2D eigenvalue weighted by molar-refractivity contribution is 6.02. The van der Waals surface area contributed by atoms with Crippen LogP contribution in [0.3, 0.4) is 0 Å². The van der Waals surface area contributed by atoms with Crippen molar-refractivity contribution in [3.63, 3.8) is 0 Å². The molecule has 7 nitrogen and oxygen atoms in total. The molecule has 4 saturated carbocycles. The van der Waals surface area contributed by atoms with Gasteiger partial charge in [0, 0.05) is 42.2 Å². The van der Waals surface area contributed by atoms with Crippen molar-refractivity contribution < 1.29 is 9.53 Å². The summed E-state index contributed by atoms with van der Waals surface area (Å²) in [5.74, 6) is 3.46. The van der Waals surface area contributed by atoms with Crippen molar-refractivity contribution in [1.29, 1.82) is 0 Å². The zero-order valence-corrected chi connectivity index (χ0v) is 21.2. The quantitative estimate of drug-likeness (QED) is 0.549. The van der Waals surface area contributed by atoms with Crippen molar-refractivity contribution in [2.24, 2.45) is 23.2 Å². The van der Waals surface area contributed by atoms with E-state index >= 15 is 0 Å². The average Bonchev–Trinajstić information content (AvgIpc) is 2.89. The molecule has 0 radical (unpaired) electrons. The molecule has 0 atom stereocenters. The highest BCUT2D eigenvalue weighted by atomic mass is 16.5. The Balaban J connectivity index is 1.11. The zero-order valence-electron chi connectivity index (χ0n) is 21.2. The second-order valence-electron chi connectivity index (χ2n) is 11.9. The number of rotatable bonds is 5. The summed E-state index contributed by atoms with van der Waals surface area (Å²) in [6.07, 6.45) is 11.9. The van der Waals surface area contributed by atoms with Crippen molar-refractivity contribution >= 4 is 28.2 Å². The monoisotopic (exact) mass is 498 g/mol. The summed E-state index contributed by atoms with van der Waals surface area (Å²) in [5, 5.41) is 4.54. The van der Waals surface area contributed by atoms with Crippen molar-refractivity contribution in [3.8, 4) is 5.69 Å². The van der Waals surface area contributed by atoms with Crippen LogP contribution in [0.1, 0.15) is 44.9 Å². The predicted molar refractivity (Wildman–Crippen MR) is 144 cm³/mol. The Morgan fingerprint density at radius 2 is 1.70 bits per heavy atom. The van der Waals surface area contributed by atoms with Crippen molar-refractivity contribution in [2.45, 2.75) is 44.9 Å². The van der Waals surface area contributed by atoms with Gasteiger partial charge in [-0.05, 0) is 92.0 Å². The van der Waals surface area contributed by atoms with Crippen LogP contribution in [0.2, 0.25) is 0 Å². The van der Waals surface area contributed by atoms with Gasteiger partial charge in [-0.15, -0.1) is 0 Å². The van der Waals surface area contributed by atoms with Crippen molar-refractivity contribution in [3.05, 3.63) is 59.1 Å². The number of carbonyl (C=O) groups excluding carboxylic acids is 1. The van der Waals surface area contributed by atoms with Gasteiger partial charge in [0.15, 0.2) is 0 Å². The summed E-state index contributed by atoms with van der Waals surface area (Å²) in [5.41, 5.74) is 1.52. The van der Waals surface area contributed by atoms with Gasteiger partial charge in [-0.2, -0.15) is 0 Å². The maximum absolute atomic E-state index is 13.4. The summed E-state index contributed by atoms with van der Waals surface area (Å²) in [4.78, 5) is 33.5. The molecule has 3 heterocycles. The van der Waals surface area contributed by atoms with Crippen molar-refractivity contribution in [2.75, 3.05) is 36.5 Å². The Morgan fingerprint density at radius 1 is 0.973 bits per heavy atom. The lowest BCUT2D eigenvalue weighted by Gasteiger charge is -2.56. The maximum Gasteiger partial charge on any atom is 0.263 e. The molecule has 7 heteroatoms. The lowest BCUT2D eigenvalue weighted by molar-refractivity contribution is -0.124. The summed E-state index contributed by atoms with van der Waals surface area (Å²) in [6.45, 7) is 3.04. The van der Waals surface area contributed by atoms with E-state index < -0.39 is 0 Å². The van der Waals surface area contributed by atoms with E-state index in [0.717, 1.165) is 53.4 Å². The SMILES string of the molecule is O=C(CC12CC3CC(CC(C3)C1)C2)Nc1cccc2c(=O)n(-c3ccc(N4CCOCC4)nc3)ccc12. The van der Waals surface area contributed by atoms with Crippen LogP contribution in [0.5, 0.6) is 0 Å². The number of aromatic nitrogens is 2. The molecule has 4 bridgehead atoms. The van der Waals surface area contributed by atoms with E-state index in [1.165, 1.54) is 38.5 Å². The summed E-state index contributed by atoms with van der Waals surface area (Å²) in [7, 11) is 0. The normalized spacial score (nSPS) is 28.5. The highest BCUT2D eigenvalue weighted by Gasteiger charge is 2.51. The van der Waals surface area contributed by atoms with Gasteiger partial charge < -0.3 is 15.0 Å². The van der Waals surface area contributed by atoms with Gasteiger partial charge >= 0.3 is 0 Å². The number of pyridine rings is 2. The molecule has 1 N–H and O–H groups in total. The predicted octanol–water partition coefficient (Wildman–Crippen LogP) is 4.77. The van der Waals surface area contributed by atoms with Crippen LogP contribution in [-0.4, -0.2) is 41.8 Å². The number of anilines is 2. The Labute approximate surface area is 216 Å². The summed E-state index contributed by atoms with van der Waals surface area (Å²) >= 11 is 0. The third kappa shape index (κ3) is 4.23. The standard InChI is InChI=1S/C30H34N4O3/c35-28(18-30-15-20-12-21(16-30)14-22(13-20)17-30)32-26-3-1-2-25-24(26)6-7-34(29(25)36)23-4-5-27(31-19-23)33-8-10-37-11-9-33/h1-7,19-22H,8-18H2,(H,32,35). The molecule has 5 aliphatic rings. The molecular weight excluding hydrogens is 464 g/mol. The maximum atomic E-state index is 13.4. The van der Waals surface area contributed by atoms with Crippen LogP contribution in [0, 0.1) is 23.2 Å². The minimum atomic E-state index is -0.115. The van der Waals surface area contributed by atoms with Crippen LogP contribution in [0.25, 0.3) is 16.5 Å². The first-order chi connectivity index (χ1) is 18.1. The third-order valence-electron chi connectivity index (χ3n) is 9.27. The molecule has 0 unspecified atom stereocenters. The first-order valence-corrected chi connectivity index (χ1v) is 13.8. The molecule has 37 heavy (non-hydrogen) atoms. The number of amides is 1. The number of morpholine rings is 1. The molecular formula is C30H34N4O3. The molecule has 2 aromatic heterocycles. The fraction of sp³-hybridized carbons (Fsp3) is 0.500. The van der Waals surface area contributed by atoms with E-state index in [4.69, 9.17) is 4.74 Å². The van der Waals surface area contributed by atoms with Gasteiger partial charge in [0.1, 0.15) is 5.82 Å². The number of benzene rings is 1. The van der Waals surface area contributed by atoms with Gasteiger partial charge in [-0.1, -0.05) is 6.07 Å².